The smallest absolute Gasteiger partial charge is 0.316 e. The Labute approximate surface area is 154 Å². The number of hydrogen-bond acceptors (Lipinski definition) is 6. The van der Waals surface area contributed by atoms with E-state index in [1.165, 1.54) is 6.07 Å². The van der Waals surface area contributed by atoms with E-state index in [1.54, 1.807) is 36.4 Å². The highest BCUT2D eigenvalue weighted by Crippen LogP contribution is 2.30. The van der Waals surface area contributed by atoms with Crippen molar-refractivity contribution in [2.75, 3.05) is 25.6 Å². The summed E-state index contributed by atoms with van der Waals surface area (Å²) in [6.07, 6.45) is 0.773. The number of fused-ring (bicyclic) bond motifs is 1. The summed E-state index contributed by atoms with van der Waals surface area (Å²) < 4.78 is 29.5. The second kappa shape index (κ2) is 8.71. The van der Waals surface area contributed by atoms with Crippen LogP contribution in [0.15, 0.2) is 47.4 Å². The first-order chi connectivity index (χ1) is 12.6. The largest absolute Gasteiger partial charge is 0.490 e. The van der Waals surface area contributed by atoms with E-state index in [0.717, 1.165) is 18.2 Å². The molecule has 136 valence electrons. The van der Waals surface area contributed by atoms with Crippen LogP contribution >= 0.6 is 11.8 Å². The van der Waals surface area contributed by atoms with E-state index in [9.17, 15) is 14.0 Å². The third-order valence-electron chi connectivity index (χ3n) is 3.62. The van der Waals surface area contributed by atoms with Crippen molar-refractivity contribution in [1.82, 2.24) is 0 Å². The SMILES string of the molecule is O=C(CSc1ccccc1F)OCC(=O)c1ccc2c(c1)OCCCO2. The standard InChI is InChI=1S/C19H17FO5S/c20-14-4-1-2-5-18(14)26-12-19(22)25-11-15(21)13-6-7-16-17(10-13)24-9-3-8-23-16/h1-2,4-7,10H,3,8-9,11-12H2. The normalized spacial score (nSPS) is 13.0. The summed E-state index contributed by atoms with van der Waals surface area (Å²) >= 11 is 1.03. The van der Waals surface area contributed by atoms with E-state index in [0.29, 0.717) is 35.2 Å². The van der Waals surface area contributed by atoms with Gasteiger partial charge >= 0.3 is 5.97 Å². The van der Waals surface area contributed by atoms with Crippen LogP contribution in [0.2, 0.25) is 0 Å². The van der Waals surface area contributed by atoms with Gasteiger partial charge in [0.15, 0.2) is 23.9 Å². The predicted molar refractivity (Wildman–Crippen MR) is 94.5 cm³/mol. The van der Waals surface area contributed by atoms with E-state index < -0.39 is 11.8 Å². The van der Waals surface area contributed by atoms with Gasteiger partial charge in [-0.05, 0) is 30.3 Å². The Kier molecular flexibility index (Phi) is 6.12. The van der Waals surface area contributed by atoms with Gasteiger partial charge in [0.2, 0.25) is 0 Å². The average molecular weight is 376 g/mol. The maximum atomic E-state index is 13.5. The molecule has 0 saturated heterocycles. The van der Waals surface area contributed by atoms with Crippen LogP contribution in [-0.4, -0.2) is 37.3 Å². The van der Waals surface area contributed by atoms with E-state index in [-0.39, 0.29) is 18.1 Å². The number of Topliss-reactive ketones (excluding diaryl/α,β-unsaturated/α-hetero) is 1. The topological polar surface area (TPSA) is 61.8 Å². The fourth-order valence-electron chi connectivity index (χ4n) is 2.31. The van der Waals surface area contributed by atoms with Crippen molar-refractivity contribution in [3.63, 3.8) is 0 Å². The number of hydrogen-bond donors (Lipinski definition) is 0. The Balaban J connectivity index is 1.51. The summed E-state index contributed by atoms with van der Waals surface area (Å²) in [7, 11) is 0. The molecule has 0 aromatic heterocycles. The monoisotopic (exact) mass is 376 g/mol. The molecule has 0 saturated carbocycles. The van der Waals surface area contributed by atoms with Crippen molar-refractivity contribution < 1.29 is 28.2 Å². The first-order valence-electron chi connectivity index (χ1n) is 8.09. The molecule has 0 N–H and O–H groups in total. The Morgan fingerprint density at radius 3 is 2.65 bits per heavy atom. The Hall–Kier alpha value is -2.54. The number of halogens is 1. The molecular formula is C19H17FO5S. The fourth-order valence-corrected chi connectivity index (χ4v) is 3.04. The minimum absolute atomic E-state index is 0.0741. The van der Waals surface area contributed by atoms with Crippen molar-refractivity contribution in [1.29, 1.82) is 0 Å². The lowest BCUT2D eigenvalue weighted by Gasteiger charge is -2.09. The highest BCUT2D eigenvalue weighted by Gasteiger charge is 2.16. The molecule has 1 aliphatic rings. The van der Waals surface area contributed by atoms with Crippen LogP contribution in [0.1, 0.15) is 16.8 Å². The minimum atomic E-state index is -0.582. The third kappa shape index (κ3) is 4.76. The van der Waals surface area contributed by atoms with Gasteiger partial charge in [0.05, 0.1) is 19.0 Å². The summed E-state index contributed by atoms with van der Waals surface area (Å²) in [6.45, 7) is 0.709. The van der Waals surface area contributed by atoms with Crippen LogP contribution in [0.25, 0.3) is 0 Å². The second-order valence-corrected chi connectivity index (χ2v) is 6.53. The Morgan fingerprint density at radius 2 is 1.85 bits per heavy atom. The number of rotatable bonds is 6. The van der Waals surface area contributed by atoms with Crippen molar-refractivity contribution >= 4 is 23.5 Å². The number of ether oxygens (including phenoxy) is 3. The summed E-state index contributed by atoms with van der Waals surface area (Å²) in [5.41, 5.74) is 0.379. The van der Waals surface area contributed by atoms with Crippen LogP contribution in [-0.2, 0) is 9.53 Å². The van der Waals surface area contributed by atoms with Gasteiger partial charge in [-0.3, -0.25) is 9.59 Å². The maximum Gasteiger partial charge on any atom is 0.316 e. The molecule has 1 aliphatic heterocycles. The lowest BCUT2D eigenvalue weighted by atomic mass is 10.1. The van der Waals surface area contributed by atoms with E-state index >= 15 is 0 Å². The van der Waals surface area contributed by atoms with Gasteiger partial charge in [0.25, 0.3) is 0 Å². The number of thioether (sulfide) groups is 1. The van der Waals surface area contributed by atoms with Crippen LogP contribution in [0.4, 0.5) is 4.39 Å². The lowest BCUT2D eigenvalue weighted by Crippen LogP contribution is -2.15. The summed E-state index contributed by atoms with van der Waals surface area (Å²) in [5.74, 6) is -0.290. The number of ketones is 1. The van der Waals surface area contributed by atoms with Gasteiger partial charge in [-0.25, -0.2) is 4.39 Å². The fraction of sp³-hybridized carbons (Fsp3) is 0.263. The quantitative estimate of drug-likeness (QED) is 0.437. The molecule has 26 heavy (non-hydrogen) atoms. The van der Waals surface area contributed by atoms with Gasteiger partial charge in [-0.1, -0.05) is 12.1 Å². The van der Waals surface area contributed by atoms with E-state index in [2.05, 4.69) is 0 Å². The molecule has 5 nitrogen and oxygen atoms in total. The molecule has 1 heterocycles. The molecule has 2 aromatic carbocycles. The average Bonchev–Trinajstić information content (AvgIpc) is 2.90. The van der Waals surface area contributed by atoms with Crippen molar-refractivity contribution in [2.45, 2.75) is 11.3 Å². The van der Waals surface area contributed by atoms with E-state index in [4.69, 9.17) is 14.2 Å². The zero-order chi connectivity index (χ0) is 18.4. The first kappa shape index (κ1) is 18.3. The van der Waals surface area contributed by atoms with Crippen LogP contribution in [0, 0.1) is 5.82 Å². The number of carbonyl (C=O) groups is 2. The lowest BCUT2D eigenvalue weighted by molar-refractivity contribution is -0.139. The summed E-state index contributed by atoms with van der Waals surface area (Å²) in [6, 6.07) is 11.0. The molecular weight excluding hydrogens is 359 g/mol. The Morgan fingerprint density at radius 1 is 1.08 bits per heavy atom. The molecule has 2 aromatic rings. The molecule has 0 spiro atoms. The molecule has 0 radical (unpaired) electrons. The first-order valence-corrected chi connectivity index (χ1v) is 9.08. The summed E-state index contributed by atoms with van der Waals surface area (Å²) in [5, 5.41) is 0. The van der Waals surface area contributed by atoms with E-state index in [1.807, 2.05) is 0 Å². The van der Waals surface area contributed by atoms with Gasteiger partial charge in [0, 0.05) is 16.9 Å². The van der Waals surface area contributed by atoms with Gasteiger partial charge in [-0.15, -0.1) is 11.8 Å². The summed E-state index contributed by atoms with van der Waals surface area (Å²) in [4.78, 5) is 24.3. The zero-order valence-corrected chi connectivity index (χ0v) is 14.7. The van der Waals surface area contributed by atoms with Crippen molar-refractivity contribution in [3.05, 3.63) is 53.8 Å². The van der Waals surface area contributed by atoms with Crippen molar-refractivity contribution in [2.24, 2.45) is 0 Å². The Bertz CT molecular complexity index is 808. The molecule has 7 heteroatoms. The van der Waals surface area contributed by atoms with Crippen molar-refractivity contribution in [3.8, 4) is 11.5 Å². The molecule has 0 aliphatic carbocycles. The predicted octanol–water partition coefficient (Wildman–Crippen LogP) is 3.51. The molecule has 0 bridgehead atoms. The van der Waals surface area contributed by atoms with Gasteiger partial charge in [0.1, 0.15) is 5.82 Å². The van der Waals surface area contributed by atoms with Gasteiger partial charge < -0.3 is 14.2 Å². The molecule has 0 fully saturated rings. The third-order valence-corrected chi connectivity index (χ3v) is 4.64. The molecule has 0 atom stereocenters. The highest BCUT2D eigenvalue weighted by molar-refractivity contribution is 8.00. The molecule has 0 amide bonds. The molecule has 0 unspecified atom stereocenters. The number of benzene rings is 2. The zero-order valence-electron chi connectivity index (χ0n) is 13.9. The number of esters is 1. The van der Waals surface area contributed by atoms with Crippen LogP contribution in [0.3, 0.4) is 0 Å². The molecule has 3 rings (SSSR count). The van der Waals surface area contributed by atoms with Crippen LogP contribution in [0.5, 0.6) is 11.5 Å². The number of carbonyl (C=O) groups excluding carboxylic acids is 2. The second-order valence-electron chi connectivity index (χ2n) is 5.51. The minimum Gasteiger partial charge on any atom is -0.490 e. The van der Waals surface area contributed by atoms with Gasteiger partial charge in [-0.2, -0.15) is 0 Å². The highest BCUT2D eigenvalue weighted by atomic mass is 32.2. The van der Waals surface area contributed by atoms with Crippen LogP contribution < -0.4 is 9.47 Å². The maximum absolute atomic E-state index is 13.5.